The summed E-state index contributed by atoms with van der Waals surface area (Å²) in [7, 11) is 0. The molecule has 2 N–H and O–H groups in total. The Morgan fingerprint density at radius 1 is 1.13 bits per heavy atom. The summed E-state index contributed by atoms with van der Waals surface area (Å²) in [5, 5.41) is 16.2. The third-order valence-corrected chi connectivity index (χ3v) is 6.97. The van der Waals surface area contributed by atoms with Gasteiger partial charge in [0.2, 0.25) is 5.91 Å². The first kappa shape index (κ1) is 21.3. The van der Waals surface area contributed by atoms with E-state index < -0.39 is 23.4 Å². The summed E-state index contributed by atoms with van der Waals surface area (Å²) in [5.74, 6) is 0.516. The van der Waals surface area contributed by atoms with Crippen LogP contribution in [0.2, 0.25) is 0 Å². The van der Waals surface area contributed by atoms with Gasteiger partial charge in [0.05, 0.1) is 4.92 Å². The number of carbonyl (C=O) groups excluding carboxylic acids is 3. The zero-order chi connectivity index (χ0) is 22.2. The van der Waals surface area contributed by atoms with Gasteiger partial charge in [0.15, 0.2) is 6.61 Å². The minimum atomic E-state index is -0.692. The topological polar surface area (TPSA) is 128 Å². The molecule has 0 aliphatic heterocycles. The highest BCUT2D eigenvalue weighted by atomic mass is 16.6. The first-order valence-corrected chi connectivity index (χ1v) is 10.7. The number of esters is 1. The maximum Gasteiger partial charge on any atom is 0.325 e. The lowest BCUT2D eigenvalue weighted by Gasteiger charge is -2.55. The van der Waals surface area contributed by atoms with Crippen molar-refractivity contribution in [1.82, 2.24) is 5.32 Å². The van der Waals surface area contributed by atoms with Gasteiger partial charge in [-0.05, 0) is 69.3 Å². The second-order valence-electron chi connectivity index (χ2n) is 9.35. The average molecular weight is 429 g/mol. The Balaban J connectivity index is 1.23. The second-order valence-corrected chi connectivity index (χ2v) is 9.35. The van der Waals surface area contributed by atoms with E-state index in [-0.39, 0.29) is 29.2 Å². The molecular formula is C22H27N3O6. The first-order chi connectivity index (χ1) is 14.7. The molecule has 4 fully saturated rings. The molecule has 0 radical (unpaired) electrons. The molecule has 166 valence electrons. The number of carbonyl (C=O) groups is 3. The zero-order valence-electron chi connectivity index (χ0n) is 17.5. The van der Waals surface area contributed by atoms with Crippen LogP contribution >= 0.6 is 0 Å². The summed E-state index contributed by atoms with van der Waals surface area (Å²) >= 11 is 0. The van der Waals surface area contributed by atoms with Crippen molar-refractivity contribution in [3.05, 3.63) is 33.9 Å². The molecule has 9 nitrogen and oxygen atoms in total. The molecule has 4 aliphatic carbocycles. The molecular weight excluding hydrogens is 402 g/mol. The lowest BCUT2D eigenvalue weighted by Crippen LogP contribution is -2.54. The molecule has 1 aromatic rings. The molecule has 0 heterocycles. The number of amides is 2. The fourth-order valence-electron chi connectivity index (χ4n) is 6.01. The number of hydrogen-bond acceptors (Lipinski definition) is 6. The highest BCUT2D eigenvalue weighted by Crippen LogP contribution is 2.60. The van der Waals surface area contributed by atoms with E-state index in [0.717, 1.165) is 19.3 Å². The molecule has 0 spiro atoms. The summed E-state index contributed by atoms with van der Waals surface area (Å²) in [6.07, 6.45) is 6.41. The van der Waals surface area contributed by atoms with Gasteiger partial charge in [0.1, 0.15) is 6.54 Å². The molecule has 0 aromatic heterocycles. The van der Waals surface area contributed by atoms with Crippen LogP contribution in [-0.2, 0) is 19.1 Å². The van der Waals surface area contributed by atoms with Crippen molar-refractivity contribution >= 4 is 29.2 Å². The molecule has 4 saturated carbocycles. The number of ether oxygens (including phenoxy) is 1. The van der Waals surface area contributed by atoms with Crippen LogP contribution in [0.3, 0.4) is 0 Å². The molecule has 4 bridgehead atoms. The van der Waals surface area contributed by atoms with Crippen molar-refractivity contribution in [1.29, 1.82) is 0 Å². The van der Waals surface area contributed by atoms with E-state index in [0.29, 0.717) is 23.3 Å². The van der Waals surface area contributed by atoms with Gasteiger partial charge in [-0.25, -0.2) is 0 Å². The van der Waals surface area contributed by atoms with Gasteiger partial charge in [-0.15, -0.1) is 0 Å². The quantitative estimate of drug-likeness (QED) is 0.390. The second kappa shape index (κ2) is 8.28. The maximum atomic E-state index is 12.8. The van der Waals surface area contributed by atoms with Crippen LogP contribution in [0.15, 0.2) is 18.2 Å². The highest BCUT2D eigenvalue weighted by Gasteiger charge is 2.54. The van der Waals surface area contributed by atoms with Crippen LogP contribution in [0.25, 0.3) is 0 Å². The van der Waals surface area contributed by atoms with E-state index in [1.807, 2.05) is 0 Å². The van der Waals surface area contributed by atoms with E-state index in [4.69, 9.17) is 4.74 Å². The Labute approximate surface area is 180 Å². The standard InChI is InChI=1S/C22H27N3O6/c1-13-2-3-17(7-18(13)25(29)30)24-19(26)12-31-20(27)11-23-21(28)22-8-14-4-15(9-22)6-16(5-14)10-22/h2-3,7,14-16H,4-6,8-12H2,1H3,(H,23,28)(H,24,26). The Bertz CT molecular complexity index is 893. The molecule has 5 rings (SSSR count). The van der Waals surface area contributed by atoms with E-state index in [1.54, 1.807) is 6.92 Å². The Morgan fingerprint density at radius 2 is 1.74 bits per heavy atom. The predicted octanol–water partition coefficient (Wildman–Crippen LogP) is 2.72. The Hall–Kier alpha value is -2.97. The van der Waals surface area contributed by atoms with Gasteiger partial charge in [0, 0.05) is 22.7 Å². The first-order valence-electron chi connectivity index (χ1n) is 10.7. The van der Waals surface area contributed by atoms with Crippen molar-refractivity contribution in [2.45, 2.75) is 45.4 Å². The van der Waals surface area contributed by atoms with Crippen LogP contribution in [0.1, 0.15) is 44.1 Å². The molecule has 31 heavy (non-hydrogen) atoms. The van der Waals surface area contributed by atoms with E-state index in [1.165, 1.54) is 37.5 Å². The molecule has 0 atom stereocenters. The van der Waals surface area contributed by atoms with Crippen LogP contribution in [0, 0.1) is 40.2 Å². The van der Waals surface area contributed by atoms with Crippen LogP contribution in [-0.4, -0.2) is 35.9 Å². The number of nitro groups is 1. The number of nitro benzene ring substituents is 1. The van der Waals surface area contributed by atoms with Crippen molar-refractivity contribution in [3.8, 4) is 0 Å². The summed E-state index contributed by atoms with van der Waals surface area (Å²) in [6.45, 7) is 0.792. The minimum Gasteiger partial charge on any atom is -0.454 e. The number of nitrogens with zero attached hydrogens (tertiary/aromatic N) is 1. The van der Waals surface area contributed by atoms with Crippen molar-refractivity contribution in [2.24, 2.45) is 23.2 Å². The lowest BCUT2D eigenvalue weighted by molar-refractivity contribution is -0.385. The number of aryl methyl sites for hydroxylation is 1. The van der Waals surface area contributed by atoms with Gasteiger partial charge >= 0.3 is 5.97 Å². The fourth-order valence-corrected chi connectivity index (χ4v) is 6.01. The van der Waals surface area contributed by atoms with Gasteiger partial charge in [-0.3, -0.25) is 24.5 Å². The van der Waals surface area contributed by atoms with Crippen molar-refractivity contribution < 1.29 is 24.0 Å². The maximum absolute atomic E-state index is 12.8. The monoisotopic (exact) mass is 429 g/mol. The average Bonchev–Trinajstić information content (AvgIpc) is 2.70. The Morgan fingerprint density at radius 3 is 2.32 bits per heavy atom. The molecule has 4 aliphatic rings. The van der Waals surface area contributed by atoms with E-state index in [2.05, 4.69) is 10.6 Å². The highest BCUT2D eigenvalue weighted by molar-refractivity contribution is 5.93. The zero-order valence-corrected chi connectivity index (χ0v) is 17.5. The smallest absolute Gasteiger partial charge is 0.325 e. The minimum absolute atomic E-state index is 0.0695. The number of anilines is 1. The van der Waals surface area contributed by atoms with E-state index in [9.17, 15) is 24.5 Å². The summed E-state index contributed by atoms with van der Waals surface area (Å²) in [5.41, 5.74) is 0.270. The van der Waals surface area contributed by atoms with Crippen LogP contribution < -0.4 is 10.6 Å². The summed E-state index contributed by atoms with van der Waals surface area (Å²) in [6, 6.07) is 4.31. The number of nitrogens with one attached hydrogen (secondary N) is 2. The lowest BCUT2D eigenvalue weighted by atomic mass is 9.49. The molecule has 0 unspecified atom stereocenters. The SMILES string of the molecule is Cc1ccc(NC(=O)COC(=O)CNC(=O)C23CC4CC(CC(C4)C2)C3)cc1[N+](=O)[O-]. The Kier molecular flexibility index (Phi) is 5.68. The fraction of sp³-hybridized carbons (Fsp3) is 0.591. The van der Waals surface area contributed by atoms with Gasteiger partial charge in [0.25, 0.3) is 11.6 Å². The van der Waals surface area contributed by atoms with E-state index >= 15 is 0 Å². The molecule has 1 aromatic carbocycles. The third-order valence-electron chi connectivity index (χ3n) is 6.97. The molecule has 0 saturated heterocycles. The number of rotatable bonds is 7. The van der Waals surface area contributed by atoms with Gasteiger partial charge in [-0.2, -0.15) is 0 Å². The van der Waals surface area contributed by atoms with Crippen LogP contribution in [0.4, 0.5) is 11.4 Å². The molecule has 2 amide bonds. The normalized spacial score (nSPS) is 28.1. The summed E-state index contributed by atoms with van der Waals surface area (Å²) < 4.78 is 4.95. The third kappa shape index (κ3) is 4.55. The molecule has 9 heteroatoms. The largest absolute Gasteiger partial charge is 0.454 e. The van der Waals surface area contributed by atoms with Crippen molar-refractivity contribution in [3.63, 3.8) is 0 Å². The van der Waals surface area contributed by atoms with Gasteiger partial charge in [-0.1, -0.05) is 6.07 Å². The number of benzene rings is 1. The van der Waals surface area contributed by atoms with Gasteiger partial charge < -0.3 is 15.4 Å². The predicted molar refractivity (Wildman–Crippen MR) is 111 cm³/mol. The summed E-state index contributed by atoms with van der Waals surface area (Å²) in [4.78, 5) is 47.3. The van der Waals surface area contributed by atoms with Crippen LogP contribution in [0.5, 0.6) is 0 Å². The van der Waals surface area contributed by atoms with Crippen molar-refractivity contribution in [2.75, 3.05) is 18.5 Å². The number of hydrogen-bond donors (Lipinski definition) is 2.